The number of carbonyl (C=O) groups is 3. The van der Waals surface area contributed by atoms with Crippen molar-refractivity contribution in [2.45, 2.75) is 45.3 Å². The van der Waals surface area contributed by atoms with Gasteiger partial charge in [-0.2, -0.15) is 0 Å². The van der Waals surface area contributed by atoms with Crippen LogP contribution in [0.1, 0.15) is 43.7 Å². The van der Waals surface area contributed by atoms with Gasteiger partial charge in [0.2, 0.25) is 0 Å². The number of barbiturate groups is 1. The molecule has 2 aliphatic rings. The van der Waals surface area contributed by atoms with Crippen LogP contribution in [-0.2, 0) is 16.2 Å². The fourth-order valence-electron chi connectivity index (χ4n) is 4.19. The van der Waals surface area contributed by atoms with Crippen molar-refractivity contribution in [3.63, 3.8) is 0 Å². The molecule has 0 bridgehead atoms. The van der Waals surface area contributed by atoms with Crippen LogP contribution >= 0.6 is 45.8 Å². The first-order valence-corrected chi connectivity index (χ1v) is 13.1. The Morgan fingerprint density at radius 1 is 1.11 bits per heavy atom. The summed E-state index contributed by atoms with van der Waals surface area (Å²) in [5, 5.41) is 3.33. The van der Waals surface area contributed by atoms with E-state index >= 15 is 0 Å². The fourth-order valence-corrected chi connectivity index (χ4v) is 5.44. The van der Waals surface area contributed by atoms with E-state index in [0.717, 1.165) is 34.8 Å². The van der Waals surface area contributed by atoms with Gasteiger partial charge in [0.05, 0.1) is 10.2 Å². The van der Waals surface area contributed by atoms with Crippen LogP contribution in [0.25, 0.3) is 6.08 Å². The SMILES string of the molecule is CCOc1cc(/C=C2\C(=O)NC(=O)N(C3CCCC3)C2=O)cc(I)c1OCc1ccc(Cl)cc1Cl. The lowest BCUT2D eigenvalue weighted by Crippen LogP contribution is -2.57. The second-order valence-electron chi connectivity index (χ2n) is 8.22. The quantitative estimate of drug-likeness (QED) is 0.232. The lowest BCUT2D eigenvalue weighted by Gasteiger charge is -2.31. The maximum Gasteiger partial charge on any atom is 0.331 e. The van der Waals surface area contributed by atoms with E-state index in [-0.39, 0.29) is 18.2 Å². The minimum Gasteiger partial charge on any atom is -0.490 e. The van der Waals surface area contributed by atoms with Crippen LogP contribution < -0.4 is 14.8 Å². The van der Waals surface area contributed by atoms with Gasteiger partial charge in [-0.05, 0) is 78.3 Å². The number of benzene rings is 2. The van der Waals surface area contributed by atoms with Gasteiger partial charge in [0.15, 0.2) is 11.5 Å². The highest BCUT2D eigenvalue weighted by Crippen LogP contribution is 2.36. The number of carbonyl (C=O) groups excluding carboxylic acids is 3. The summed E-state index contributed by atoms with van der Waals surface area (Å²) in [6.45, 7) is 2.43. The zero-order valence-corrected chi connectivity index (χ0v) is 22.6. The minimum atomic E-state index is -0.708. The summed E-state index contributed by atoms with van der Waals surface area (Å²) in [6.07, 6.45) is 4.88. The molecular weight excluding hydrogens is 606 g/mol. The van der Waals surface area contributed by atoms with Gasteiger partial charge in [0.1, 0.15) is 12.2 Å². The maximum absolute atomic E-state index is 13.1. The number of nitrogens with one attached hydrogen (secondary N) is 1. The Labute approximate surface area is 226 Å². The summed E-state index contributed by atoms with van der Waals surface area (Å²) >= 11 is 14.3. The van der Waals surface area contributed by atoms with Crippen LogP contribution in [-0.4, -0.2) is 35.4 Å². The van der Waals surface area contributed by atoms with Crippen molar-refractivity contribution < 1.29 is 23.9 Å². The average molecular weight is 629 g/mol. The van der Waals surface area contributed by atoms with Crippen molar-refractivity contribution in [2.75, 3.05) is 6.61 Å². The molecule has 35 heavy (non-hydrogen) atoms. The molecule has 0 spiro atoms. The first-order valence-electron chi connectivity index (χ1n) is 11.2. The topological polar surface area (TPSA) is 84.9 Å². The van der Waals surface area contributed by atoms with Gasteiger partial charge >= 0.3 is 6.03 Å². The molecule has 2 aromatic carbocycles. The molecule has 1 saturated carbocycles. The number of ether oxygens (including phenoxy) is 2. The number of imide groups is 2. The molecule has 0 aromatic heterocycles. The number of nitrogens with zero attached hydrogens (tertiary/aromatic N) is 1. The van der Waals surface area contributed by atoms with Gasteiger partial charge in [-0.3, -0.25) is 19.8 Å². The zero-order valence-electron chi connectivity index (χ0n) is 18.9. The largest absolute Gasteiger partial charge is 0.490 e. The summed E-state index contributed by atoms with van der Waals surface area (Å²) in [5.41, 5.74) is 1.26. The molecule has 1 heterocycles. The zero-order chi connectivity index (χ0) is 25.1. The lowest BCUT2D eigenvalue weighted by atomic mass is 10.0. The Kier molecular flexibility index (Phi) is 8.23. The Hall–Kier alpha value is -2.30. The molecule has 184 valence electrons. The highest BCUT2D eigenvalue weighted by atomic mass is 127. The smallest absolute Gasteiger partial charge is 0.331 e. The van der Waals surface area contributed by atoms with Crippen LogP contribution in [0.3, 0.4) is 0 Å². The Morgan fingerprint density at radius 3 is 2.54 bits per heavy atom. The monoisotopic (exact) mass is 628 g/mol. The molecule has 1 aliphatic carbocycles. The molecule has 10 heteroatoms. The van der Waals surface area contributed by atoms with Crippen molar-refractivity contribution in [1.29, 1.82) is 0 Å². The molecule has 4 amide bonds. The van der Waals surface area contributed by atoms with Crippen molar-refractivity contribution in [3.8, 4) is 11.5 Å². The Morgan fingerprint density at radius 2 is 1.86 bits per heavy atom. The third-order valence-corrected chi connectivity index (χ3v) is 7.24. The second-order valence-corrected chi connectivity index (χ2v) is 10.2. The summed E-state index contributed by atoms with van der Waals surface area (Å²) < 4.78 is 12.5. The van der Waals surface area contributed by atoms with E-state index in [1.54, 1.807) is 30.3 Å². The molecule has 2 aromatic rings. The third-order valence-electron chi connectivity index (χ3n) is 5.85. The van der Waals surface area contributed by atoms with E-state index in [4.69, 9.17) is 32.7 Å². The first-order chi connectivity index (χ1) is 16.8. The standard InChI is InChI=1S/C25H23Cl2IN2O5/c1-2-34-21-11-14(10-20(28)22(21)35-13-15-7-8-16(26)12-19(15)27)9-18-23(31)29-25(33)30(24(18)32)17-5-3-4-6-17/h7-12,17H,2-6,13H2,1H3,(H,29,31,33)/b18-9+. The first kappa shape index (κ1) is 25.8. The van der Waals surface area contributed by atoms with Gasteiger partial charge in [-0.1, -0.05) is 42.1 Å². The maximum atomic E-state index is 13.1. The minimum absolute atomic E-state index is 0.0867. The van der Waals surface area contributed by atoms with Crippen LogP contribution in [0, 0.1) is 3.57 Å². The van der Waals surface area contributed by atoms with E-state index in [9.17, 15) is 14.4 Å². The summed E-state index contributed by atoms with van der Waals surface area (Å²) in [6, 6.07) is 7.83. The highest BCUT2D eigenvalue weighted by molar-refractivity contribution is 14.1. The third kappa shape index (κ3) is 5.76. The molecule has 1 aliphatic heterocycles. The van der Waals surface area contributed by atoms with E-state index < -0.39 is 17.8 Å². The van der Waals surface area contributed by atoms with Gasteiger partial charge in [0.25, 0.3) is 11.8 Å². The molecule has 7 nitrogen and oxygen atoms in total. The number of hydrogen-bond acceptors (Lipinski definition) is 5. The summed E-state index contributed by atoms with van der Waals surface area (Å²) in [5.74, 6) is -0.303. The van der Waals surface area contributed by atoms with Crippen LogP contribution in [0.5, 0.6) is 11.5 Å². The molecule has 1 N–H and O–H groups in total. The van der Waals surface area contributed by atoms with E-state index in [1.165, 1.54) is 11.0 Å². The average Bonchev–Trinajstić information content (AvgIpc) is 3.31. The molecule has 0 unspecified atom stereocenters. The lowest BCUT2D eigenvalue weighted by molar-refractivity contribution is -0.131. The van der Waals surface area contributed by atoms with Gasteiger partial charge < -0.3 is 9.47 Å². The van der Waals surface area contributed by atoms with Crippen LogP contribution in [0.2, 0.25) is 10.0 Å². The second kappa shape index (κ2) is 11.2. The Bertz CT molecular complexity index is 1210. The number of urea groups is 1. The van der Waals surface area contributed by atoms with Crippen LogP contribution in [0.4, 0.5) is 4.79 Å². The van der Waals surface area contributed by atoms with Crippen molar-refractivity contribution in [3.05, 3.63) is 60.6 Å². The van der Waals surface area contributed by atoms with Gasteiger partial charge in [-0.25, -0.2) is 4.79 Å². The molecule has 0 atom stereocenters. The predicted octanol–water partition coefficient (Wildman–Crippen LogP) is 5.98. The van der Waals surface area contributed by atoms with E-state index in [2.05, 4.69) is 27.9 Å². The van der Waals surface area contributed by atoms with E-state index in [0.29, 0.717) is 33.7 Å². The normalized spacial score (nSPS) is 17.8. The molecule has 0 radical (unpaired) electrons. The number of amides is 4. The molecule has 4 rings (SSSR count). The van der Waals surface area contributed by atoms with Gasteiger partial charge in [-0.15, -0.1) is 0 Å². The molecule has 2 fully saturated rings. The van der Waals surface area contributed by atoms with Crippen molar-refractivity contribution >= 4 is 69.7 Å². The number of hydrogen-bond donors (Lipinski definition) is 1. The number of halogens is 3. The molecular formula is C25H23Cl2IN2O5. The highest BCUT2D eigenvalue weighted by Gasteiger charge is 2.40. The molecule has 1 saturated heterocycles. The fraction of sp³-hybridized carbons (Fsp3) is 0.320. The van der Waals surface area contributed by atoms with Crippen molar-refractivity contribution in [1.82, 2.24) is 10.2 Å². The van der Waals surface area contributed by atoms with Gasteiger partial charge in [0, 0.05) is 21.7 Å². The number of rotatable bonds is 7. The predicted molar refractivity (Wildman–Crippen MR) is 142 cm³/mol. The summed E-state index contributed by atoms with van der Waals surface area (Å²) in [7, 11) is 0. The Balaban J connectivity index is 1.62. The van der Waals surface area contributed by atoms with E-state index in [1.807, 2.05) is 6.92 Å². The van der Waals surface area contributed by atoms with Crippen molar-refractivity contribution in [2.24, 2.45) is 0 Å². The van der Waals surface area contributed by atoms with Crippen LogP contribution in [0.15, 0.2) is 35.9 Å². The summed E-state index contributed by atoms with van der Waals surface area (Å²) in [4.78, 5) is 39.2.